The summed E-state index contributed by atoms with van der Waals surface area (Å²) in [6.07, 6.45) is 10.8. The molecule has 0 radical (unpaired) electrons. The molecule has 1 aromatic rings. The van der Waals surface area contributed by atoms with E-state index in [1.54, 1.807) is 12.1 Å². The van der Waals surface area contributed by atoms with Crippen LogP contribution in [0.15, 0.2) is 24.3 Å². The number of hydrogen-bond donors (Lipinski definition) is 1. The van der Waals surface area contributed by atoms with Gasteiger partial charge in [0.15, 0.2) is 0 Å². The topological polar surface area (TPSA) is 20.2 Å². The summed E-state index contributed by atoms with van der Waals surface area (Å²) in [6.45, 7) is 7.02. The average molecular weight is 276 g/mol. The van der Waals surface area contributed by atoms with Crippen LogP contribution in [0.2, 0.25) is 0 Å². The molecule has 0 spiro atoms. The van der Waals surface area contributed by atoms with Gasteiger partial charge in [-0.3, -0.25) is 0 Å². The Hall–Kier alpha value is -0.980. The van der Waals surface area contributed by atoms with Crippen LogP contribution in [-0.2, 0) is 6.42 Å². The number of rotatable bonds is 10. The minimum Gasteiger partial charge on any atom is -0.508 e. The fraction of sp³-hybridized carbons (Fsp3) is 0.684. The van der Waals surface area contributed by atoms with Crippen LogP contribution in [0.3, 0.4) is 0 Å². The van der Waals surface area contributed by atoms with Crippen LogP contribution in [0.25, 0.3) is 0 Å². The first-order valence-electron chi connectivity index (χ1n) is 8.39. The number of hydrogen-bond acceptors (Lipinski definition) is 1. The Balaban J connectivity index is 2.17. The van der Waals surface area contributed by atoms with Crippen LogP contribution >= 0.6 is 0 Å². The summed E-state index contributed by atoms with van der Waals surface area (Å²) in [4.78, 5) is 0. The van der Waals surface area contributed by atoms with Crippen molar-refractivity contribution in [2.24, 2.45) is 11.8 Å². The minimum atomic E-state index is 0.363. The SMILES string of the molecule is CCCCCCCC(C)CC(C)Cc1ccc(O)cc1. The van der Waals surface area contributed by atoms with Gasteiger partial charge < -0.3 is 5.11 Å². The van der Waals surface area contributed by atoms with Gasteiger partial charge in [0.05, 0.1) is 0 Å². The Morgan fingerprint density at radius 3 is 2.20 bits per heavy atom. The maximum absolute atomic E-state index is 9.29. The second-order valence-corrected chi connectivity index (χ2v) is 6.52. The maximum atomic E-state index is 9.29. The smallest absolute Gasteiger partial charge is 0.115 e. The van der Waals surface area contributed by atoms with E-state index in [-0.39, 0.29) is 0 Å². The molecule has 1 N–H and O–H groups in total. The standard InChI is InChI=1S/C19H32O/c1-4-5-6-7-8-9-16(2)14-17(3)15-18-10-12-19(20)13-11-18/h10-13,16-17,20H,4-9,14-15H2,1-3H3. The Morgan fingerprint density at radius 1 is 0.900 bits per heavy atom. The van der Waals surface area contributed by atoms with Crippen molar-refractivity contribution in [2.75, 3.05) is 0 Å². The highest BCUT2D eigenvalue weighted by Gasteiger charge is 2.09. The van der Waals surface area contributed by atoms with Gasteiger partial charge in [0.25, 0.3) is 0 Å². The quantitative estimate of drug-likeness (QED) is 0.523. The van der Waals surface area contributed by atoms with Gasteiger partial charge in [-0.1, -0.05) is 71.4 Å². The van der Waals surface area contributed by atoms with Crippen molar-refractivity contribution in [1.29, 1.82) is 0 Å². The highest BCUT2D eigenvalue weighted by atomic mass is 16.3. The summed E-state index contributed by atoms with van der Waals surface area (Å²) in [5, 5.41) is 9.29. The van der Waals surface area contributed by atoms with Crippen molar-refractivity contribution in [3.8, 4) is 5.75 Å². The van der Waals surface area contributed by atoms with Crippen molar-refractivity contribution in [3.05, 3.63) is 29.8 Å². The lowest BCUT2D eigenvalue weighted by atomic mass is 9.89. The Morgan fingerprint density at radius 2 is 1.55 bits per heavy atom. The molecule has 0 aromatic heterocycles. The van der Waals surface area contributed by atoms with E-state index in [0.717, 1.165) is 18.3 Å². The normalized spacial score (nSPS) is 14.2. The molecule has 2 atom stereocenters. The second kappa shape index (κ2) is 9.85. The van der Waals surface area contributed by atoms with E-state index in [1.165, 1.54) is 50.5 Å². The summed E-state index contributed by atoms with van der Waals surface area (Å²) in [7, 11) is 0. The summed E-state index contributed by atoms with van der Waals surface area (Å²) in [5.74, 6) is 1.93. The number of aromatic hydroxyl groups is 1. The first-order valence-corrected chi connectivity index (χ1v) is 8.39. The molecule has 1 nitrogen and oxygen atoms in total. The number of unbranched alkanes of at least 4 members (excludes halogenated alkanes) is 4. The summed E-state index contributed by atoms with van der Waals surface area (Å²) in [6, 6.07) is 7.67. The highest BCUT2D eigenvalue weighted by Crippen LogP contribution is 2.22. The number of benzene rings is 1. The van der Waals surface area contributed by atoms with Crippen LogP contribution in [0.4, 0.5) is 0 Å². The first-order chi connectivity index (χ1) is 9.61. The molecule has 0 amide bonds. The van der Waals surface area contributed by atoms with E-state index >= 15 is 0 Å². The number of phenols is 1. The Kier molecular flexibility index (Phi) is 8.41. The zero-order chi connectivity index (χ0) is 14.8. The van der Waals surface area contributed by atoms with Crippen LogP contribution in [0.1, 0.15) is 71.3 Å². The van der Waals surface area contributed by atoms with E-state index in [2.05, 4.69) is 20.8 Å². The lowest BCUT2D eigenvalue weighted by Crippen LogP contribution is -2.06. The fourth-order valence-corrected chi connectivity index (χ4v) is 3.02. The zero-order valence-corrected chi connectivity index (χ0v) is 13.6. The number of phenolic OH excluding ortho intramolecular Hbond substituents is 1. The van der Waals surface area contributed by atoms with Gasteiger partial charge in [-0.25, -0.2) is 0 Å². The average Bonchev–Trinajstić information content (AvgIpc) is 2.41. The molecule has 0 aliphatic heterocycles. The lowest BCUT2D eigenvalue weighted by Gasteiger charge is -2.17. The molecule has 1 aromatic carbocycles. The second-order valence-electron chi connectivity index (χ2n) is 6.52. The third kappa shape index (κ3) is 7.57. The third-order valence-corrected chi connectivity index (χ3v) is 4.13. The van der Waals surface area contributed by atoms with Crippen molar-refractivity contribution < 1.29 is 5.11 Å². The molecule has 114 valence electrons. The van der Waals surface area contributed by atoms with Gasteiger partial charge in [-0.05, 0) is 42.4 Å². The lowest BCUT2D eigenvalue weighted by molar-refractivity contribution is 0.379. The highest BCUT2D eigenvalue weighted by molar-refractivity contribution is 5.26. The van der Waals surface area contributed by atoms with Gasteiger partial charge in [0.2, 0.25) is 0 Å². The first kappa shape index (κ1) is 17.1. The monoisotopic (exact) mass is 276 g/mol. The van der Waals surface area contributed by atoms with Gasteiger partial charge >= 0.3 is 0 Å². The van der Waals surface area contributed by atoms with E-state index in [4.69, 9.17) is 0 Å². The molecule has 0 saturated carbocycles. The molecule has 20 heavy (non-hydrogen) atoms. The van der Waals surface area contributed by atoms with Crippen LogP contribution in [0, 0.1) is 11.8 Å². The van der Waals surface area contributed by atoms with E-state index < -0.39 is 0 Å². The van der Waals surface area contributed by atoms with Crippen LogP contribution < -0.4 is 0 Å². The molecule has 0 bridgehead atoms. The Labute approximate surface area is 125 Å². The van der Waals surface area contributed by atoms with Crippen molar-refractivity contribution in [3.63, 3.8) is 0 Å². The largest absolute Gasteiger partial charge is 0.508 e. The van der Waals surface area contributed by atoms with E-state index in [9.17, 15) is 5.11 Å². The summed E-state index contributed by atoms with van der Waals surface area (Å²) in [5.41, 5.74) is 1.34. The molecule has 0 fully saturated rings. The fourth-order valence-electron chi connectivity index (χ4n) is 3.02. The van der Waals surface area contributed by atoms with Crippen molar-refractivity contribution >= 4 is 0 Å². The van der Waals surface area contributed by atoms with E-state index in [1.807, 2.05) is 12.1 Å². The van der Waals surface area contributed by atoms with Gasteiger partial charge in [-0.15, -0.1) is 0 Å². The third-order valence-electron chi connectivity index (χ3n) is 4.13. The predicted octanol–water partition coefficient (Wildman–Crippen LogP) is 5.96. The molecule has 1 rings (SSSR count). The van der Waals surface area contributed by atoms with Gasteiger partial charge in [0.1, 0.15) is 5.75 Å². The summed E-state index contributed by atoms with van der Waals surface area (Å²) >= 11 is 0. The van der Waals surface area contributed by atoms with E-state index in [0.29, 0.717) is 5.75 Å². The molecule has 0 heterocycles. The van der Waals surface area contributed by atoms with Crippen molar-refractivity contribution in [1.82, 2.24) is 0 Å². The van der Waals surface area contributed by atoms with Gasteiger partial charge in [-0.2, -0.15) is 0 Å². The molecule has 1 heteroatoms. The zero-order valence-electron chi connectivity index (χ0n) is 13.6. The molecule has 2 unspecified atom stereocenters. The molecular weight excluding hydrogens is 244 g/mol. The molecule has 0 aliphatic rings. The Bertz CT molecular complexity index is 341. The minimum absolute atomic E-state index is 0.363. The molecular formula is C19H32O. The molecule has 0 aliphatic carbocycles. The molecule has 0 saturated heterocycles. The summed E-state index contributed by atoms with van der Waals surface area (Å²) < 4.78 is 0. The maximum Gasteiger partial charge on any atom is 0.115 e. The van der Waals surface area contributed by atoms with Crippen molar-refractivity contribution in [2.45, 2.75) is 72.1 Å². The van der Waals surface area contributed by atoms with Crippen LogP contribution in [-0.4, -0.2) is 5.11 Å². The van der Waals surface area contributed by atoms with Gasteiger partial charge in [0, 0.05) is 0 Å². The van der Waals surface area contributed by atoms with Crippen LogP contribution in [0.5, 0.6) is 5.75 Å². The predicted molar refractivity (Wildman–Crippen MR) is 88.1 cm³/mol.